The smallest absolute Gasteiger partial charge is 0.254 e. The molecule has 4 rings (SSSR count). The molecule has 0 aliphatic carbocycles. The van der Waals surface area contributed by atoms with E-state index in [-0.39, 0.29) is 18.1 Å². The Morgan fingerprint density at radius 3 is 2.65 bits per heavy atom. The monoisotopic (exact) mass is 563 g/mol. The van der Waals surface area contributed by atoms with Crippen molar-refractivity contribution in [2.24, 2.45) is 5.73 Å². The quantitative estimate of drug-likeness (QED) is 0.119. The van der Waals surface area contributed by atoms with Crippen LogP contribution in [-0.4, -0.2) is 40.3 Å². The molecule has 0 aliphatic rings. The molecule has 0 saturated heterocycles. The SMILES string of the molecule is C[C@H](Oc1cc(-c2nn(COCC[Si](C)(C)C)c(Nc3cnccn3)c2C(N)=O)ccc1N)c1cccc(F)c1. The molecule has 0 bridgehead atoms. The highest BCUT2D eigenvalue weighted by Gasteiger charge is 2.25. The van der Waals surface area contributed by atoms with Crippen molar-refractivity contribution in [3.8, 4) is 17.0 Å². The molecule has 2 aromatic heterocycles. The largest absolute Gasteiger partial charge is 0.484 e. The number of nitrogens with one attached hydrogen (secondary N) is 1. The fraction of sp³-hybridized carbons (Fsp3) is 0.286. The van der Waals surface area contributed by atoms with E-state index in [1.165, 1.54) is 24.5 Å². The summed E-state index contributed by atoms with van der Waals surface area (Å²) in [7, 11) is -1.31. The first-order valence-electron chi connectivity index (χ1n) is 12.9. The van der Waals surface area contributed by atoms with Crippen LogP contribution in [0.25, 0.3) is 11.3 Å². The Kier molecular flexibility index (Phi) is 8.80. The van der Waals surface area contributed by atoms with Gasteiger partial charge < -0.3 is 26.3 Å². The van der Waals surface area contributed by atoms with Gasteiger partial charge in [-0.3, -0.25) is 9.78 Å². The van der Waals surface area contributed by atoms with Gasteiger partial charge in [0, 0.05) is 32.6 Å². The number of amides is 1. The molecule has 0 unspecified atom stereocenters. The van der Waals surface area contributed by atoms with Gasteiger partial charge in [0.2, 0.25) is 0 Å². The topological polar surface area (TPSA) is 143 Å². The zero-order valence-corrected chi connectivity index (χ0v) is 24.0. The fourth-order valence-electron chi connectivity index (χ4n) is 3.93. The summed E-state index contributed by atoms with van der Waals surface area (Å²) < 4.78 is 27.3. The molecular weight excluding hydrogens is 529 g/mol. The van der Waals surface area contributed by atoms with Crippen molar-refractivity contribution in [2.45, 2.75) is 45.4 Å². The van der Waals surface area contributed by atoms with Crippen LogP contribution in [0.5, 0.6) is 5.75 Å². The second-order valence-electron chi connectivity index (χ2n) is 10.6. The van der Waals surface area contributed by atoms with E-state index in [4.69, 9.17) is 26.0 Å². The number of carbonyl (C=O) groups excluding carboxylic acids is 1. The van der Waals surface area contributed by atoms with Crippen LogP contribution in [0.4, 0.5) is 21.7 Å². The van der Waals surface area contributed by atoms with E-state index >= 15 is 0 Å². The maximum atomic E-state index is 13.8. The lowest BCUT2D eigenvalue weighted by atomic mass is 10.1. The van der Waals surface area contributed by atoms with Gasteiger partial charge in [-0.2, -0.15) is 5.10 Å². The van der Waals surface area contributed by atoms with Gasteiger partial charge in [-0.25, -0.2) is 14.1 Å². The molecule has 210 valence electrons. The number of nitrogens with two attached hydrogens (primary N) is 2. The lowest BCUT2D eigenvalue weighted by molar-refractivity contribution is 0.0802. The van der Waals surface area contributed by atoms with Crippen LogP contribution in [0.1, 0.15) is 28.9 Å². The maximum Gasteiger partial charge on any atom is 0.254 e. The second kappa shape index (κ2) is 12.3. The highest BCUT2D eigenvalue weighted by atomic mass is 28.3. The van der Waals surface area contributed by atoms with Crippen molar-refractivity contribution in [3.63, 3.8) is 0 Å². The summed E-state index contributed by atoms with van der Waals surface area (Å²) in [6.45, 7) is 9.24. The number of anilines is 3. The van der Waals surface area contributed by atoms with Gasteiger partial charge >= 0.3 is 0 Å². The third-order valence-corrected chi connectivity index (χ3v) is 7.83. The van der Waals surface area contributed by atoms with Crippen LogP contribution in [0, 0.1) is 5.82 Å². The van der Waals surface area contributed by atoms with Crippen LogP contribution in [0.2, 0.25) is 25.7 Å². The van der Waals surface area contributed by atoms with Crippen molar-refractivity contribution in [1.29, 1.82) is 0 Å². The van der Waals surface area contributed by atoms with Crippen molar-refractivity contribution in [2.75, 3.05) is 17.7 Å². The third kappa shape index (κ3) is 7.21. The predicted molar refractivity (Wildman–Crippen MR) is 155 cm³/mol. The first-order valence-corrected chi connectivity index (χ1v) is 16.6. The van der Waals surface area contributed by atoms with Crippen LogP contribution in [0.3, 0.4) is 0 Å². The third-order valence-electron chi connectivity index (χ3n) is 6.13. The first kappa shape index (κ1) is 28.7. The molecule has 0 aliphatic heterocycles. The lowest BCUT2D eigenvalue weighted by Crippen LogP contribution is -2.22. The highest BCUT2D eigenvalue weighted by molar-refractivity contribution is 6.76. The number of rotatable bonds is 12. The summed E-state index contributed by atoms with van der Waals surface area (Å²) in [5.41, 5.74) is 14.1. The summed E-state index contributed by atoms with van der Waals surface area (Å²) >= 11 is 0. The molecule has 10 nitrogen and oxygen atoms in total. The molecule has 2 heterocycles. The van der Waals surface area contributed by atoms with Crippen LogP contribution in [0.15, 0.2) is 61.1 Å². The Morgan fingerprint density at radius 1 is 1.18 bits per heavy atom. The Bertz CT molecular complexity index is 1470. The summed E-state index contributed by atoms with van der Waals surface area (Å²) in [4.78, 5) is 21.1. The van der Waals surface area contributed by atoms with Gasteiger partial charge in [0.25, 0.3) is 5.91 Å². The molecule has 5 N–H and O–H groups in total. The van der Waals surface area contributed by atoms with E-state index in [2.05, 4.69) is 34.9 Å². The molecule has 0 spiro atoms. The van der Waals surface area contributed by atoms with Gasteiger partial charge in [0.15, 0.2) is 0 Å². The minimum atomic E-state index is -1.31. The molecule has 1 amide bonds. The zero-order chi connectivity index (χ0) is 28.9. The second-order valence-corrected chi connectivity index (χ2v) is 16.2. The van der Waals surface area contributed by atoms with Gasteiger partial charge in [0.1, 0.15) is 47.3 Å². The number of nitrogens with zero attached hydrogens (tertiary/aromatic N) is 4. The van der Waals surface area contributed by atoms with Crippen LogP contribution < -0.4 is 21.5 Å². The predicted octanol–water partition coefficient (Wildman–Crippen LogP) is 5.36. The van der Waals surface area contributed by atoms with Crippen molar-refractivity contribution in [1.82, 2.24) is 19.7 Å². The number of carbonyl (C=O) groups is 1. The Morgan fingerprint density at radius 2 is 1.98 bits per heavy atom. The Balaban J connectivity index is 1.71. The van der Waals surface area contributed by atoms with E-state index in [1.807, 2.05) is 0 Å². The highest BCUT2D eigenvalue weighted by Crippen LogP contribution is 2.36. The number of nitrogen functional groups attached to an aromatic ring is 1. The number of hydrogen-bond donors (Lipinski definition) is 3. The molecule has 0 fully saturated rings. The number of hydrogen-bond acceptors (Lipinski definition) is 8. The summed E-state index contributed by atoms with van der Waals surface area (Å²) in [5.74, 6) is 0.0335. The summed E-state index contributed by atoms with van der Waals surface area (Å²) in [5, 5.41) is 7.82. The average molecular weight is 564 g/mol. The summed E-state index contributed by atoms with van der Waals surface area (Å²) in [6, 6.07) is 12.2. The van der Waals surface area contributed by atoms with Gasteiger partial charge in [-0.1, -0.05) is 37.8 Å². The van der Waals surface area contributed by atoms with Crippen molar-refractivity contribution in [3.05, 3.63) is 78.0 Å². The van der Waals surface area contributed by atoms with Crippen LogP contribution >= 0.6 is 0 Å². The number of halogens is 1. The van der Waals surface area contributed by atoms with Gasteiger partial charge in [0.05, 0.1) is 11.9 Å². The number of benzene rings is 2. The standard InChI is InChI=1S/C28H34FN7O3Si/c1-18(19-6-5-7-21(29)14-19)39-23-15-20(8-9-22(23)30)26-25(27(31)37)28(34-24-16-32-10-11-33-24)36(35-26)17-38-12-13-40(2,3)4/h5-11,14-16,18H,12-13,17,30H2,1-4H3,(H2,31,37)(H,33,34)/t18-/m0/s1. The maximum absolute atomic E-state index is 13.8. The number of aromatic nitrogens is 4. The molecule has 2 aromatic carbocycles. The van der Waals surface area contributed by atoms with Crippen LogP contribution in [-0.2, 0) is 11.5 Å². The first-order chi connectivity index (χ1) is 19.0. The fourth-order valence-corrected chi connectivity index (χ4v) is 4.69. The Labute approximate surface area is 233 Å². The van der Waals surface area contributed by atoms with E-state index < -0.39 is 20.1 Å². The van der Waals surface area contributed by atoms with E-state index in [0.29, 0.717) is 46.5 Å². The van der Waals surface area contributed by atoms with Crippen molar-refractivity contribution < 1.29 is 18.7 Å². The Hall–Kier alpha value is -4.29. The molecule has 0 saturated carbocycles. The summed E-state index contributed by atoms with van der Waals surface area (Å²) in [6.07, 6.45) is 4.11. The normalized spacial score (nSPS) is 12.2. The van der Waals surface area contributed by atoms with E-state index in [0.717, 1.165) is 6.04 Å². The minimum absolute atomic E-state index is 0.0856. The van der Waals surface area contributed by atoms with E-state index in [1.54, 1.807) is 48.1 Å². The molecule has 12 heteroatoms. The zero-order valence-electron chi connectivity index (χ0n) is 23.0. The molecule has 0 radical (unpaired) electrons. The van der Waals surface area contributed by atoms with E-state index in [9.17, 15) is 9.18 Å². The average Bonchev–Trinajstić information content (AvgIpc) is 3.26. The van der Waals surface area contributed by atoms with Gasteiger partial charge in [-0.05, 0) is 42.8 Å². The molecular formula is C28H34FN7O3Si. The number of primary amides is 1. The number of ether oxygens (including phenoxy) is 2. The lowest BCUT2D eigenvalue weighted by Gasteiger charge is -2.17. The molecule has 1 atom stereocenters. The van der Waals surface area contributed by atoms with Gasteiger partial charge in [-0.15, -0.1) is 0 Å². The molecule has 40 heavy (non-hydrogen) atoms. The minimum Gasteiger partial charge on any atom is -0.484 e. The molecule has 4 aromatic rings. The van der Waals surface area contributed by atoms with Crippen molar-refractivity contribution >= 4 is 31.3 Å².